The van der Waals surface area contributed by atoms with Crippen molar-refractivity contribution in [1.82, 2.24) is 9.88 Å². The number of ether oxygens (including phenoxy) is 2. The third kappa shape index (κ3) is 3.44. The molecule has 174 valence electrons. The van der Waals surface area contributed by atoms with Gasteiger partial charge < -0.3 is 23.8 Å². The lowest BCUT2D eigenvalue weighted by Crippen LogP contribution is -2.42. The molecule has 7 nitrogen and oxygen atoms in total. The highest BCUT2D eigenvalue weighted by atomic mass is 16.5. The molecule has 1 aliphatic heterocycles. The molecule has 0 saturated heterocycles. The lowest BCUT2D eigenvalue weighted by molar-refractivity contribution is 0.0660. The third-order valence-corrected chi connectivity index (χ3v) is 6.74. The number of amides is 1. The largest absolute Gasteiger partial charge is 0.493 e. The van der Waals surface area contributed by atoms with Crippen LogP contribution >= 0.6 is 0 Å². The molecule has 2 aromatic heterocycles. The second kappa shape index (κ2) is 8.41. The first kappa shape index (κ1) is 21.8. The maximum atomic E-state index is 13.5. The number of carbonyl (C=O) groups excluding carboxylic acids is 1. The van der Waals surface area contributed by atoms with Gasteiger partial charge in [0.25, 0.3) is 11.5 Å². The van der Waals surface area contributed by atoms with E-state index in [1.807, 2.05) is 44.2 Å². The average Bonchev–Trinajstić information content (AvgIpc) is 3.39. The molecule has 7 heteroatoms. The highest BCUT2D eigenvalue weighted by molar-refractivity contribution is 5.92. The van der Waals surface area contributed by atoms with Gasteiger partial charge in [0.2, 0.25) is 0 Å². The zero-order valence-corrected chi connectivity index (χ0v) is 19.6. The van der Waals surface area contributed by atoms with Crippen LogP contribution in [-0.4, -0.2) is 36.6 Å². The molecule has 5 rings (SSSR count). The number of fused-ring (bicyclic) bond motifs is 2. The molecule has 1 amide bonds. The molecule has 0 saturated carbocycles. The summed E-state index contributed by atoms with van der Waals surface area (Å²) in [6.45, 7) is 4.44. The van der Waals surface area contributed by atoms with E-state index in [2.05, 4.69) is 4.98 Å². The summed E-state index contributed by atoms with van der Waals surface area (Å²) >= 11 is 0. The zero-order chi connectivity index (χ0) is 24.0. The van der Waals surface area contributed by atoms with Crippen molar-refractivity contribution in [3.05, 3.63) is 92.7 Å². The minimum absolute atomic E-state index is 0.230. The lowest BCUT2D eigenvalue weighted by Gasteiger charge is -2.37. The summed E-state index contributed by atoms with van der Waals surface area (Å²) in [5, 5.41) is 0.913. The number of hydrogen-bond donors (Lipinski definition) is 1. The first-order valence-electron chi connectivity index (χ1n) is 11.1. The predicted octanol–water partition coefficient (Wildman–Crippen LogP) is 4.54. The van der Waals surface area contributed by atoms with Gasteiger partial charge in [-0.1, -0.05) is 12.1 Å². The monoisotopic (exact) mass is 458 g/mol. The van der Waals surface area contributed by atoms with Crippen molar-refractivity contribution in [3.8, 4) is 11.5 Å². The average molecular weight is 459 g/mol. The van der Waals surface area contributed by atoms with Crippen LogP contribution < -0.4 is 15.0 Å². The number of hydrogen-bond acceptors (Lipinski definition) is 5. The molecule has 1 aliphatic rings. The van der Waals surface area contributed by atoms with Crippen LogP contribution in [0.3, 0.4) is 0 Å². The molecule has 2 aromatic carbocycles. The Bertz CT molecular complexity index is 1450. The van der Waals surface area contributed by atoms with E-state index in [4.69, 9.17) is 13.9 Å². The van der Waals surface area contributed by atoms with Gasteiger partial charge in [-0.3, -0.25) is 9.59 Å². The third-order valence-electron chi connectivity index (χ3n) is 6.74. The van der Waals surface area contributed by atoms with Gasteiger partial charge in [-0.2, -0.15) is 0 Å². The first-order chi connectivity index (χ1) is 16.4. The Balaban J connectivity index is 1.75. The number of H-pyrrole nitrogens is 1. The Morgan fingerprint density at radius 3 is 2.53 bits per heavy atom. The van der Waals surface area contributed by atoms with Crippen molar-refractivity contribution in [2.75, 3.05) is 20.8 Å². The number of nitrogens with zero attached hydrogens (tertiary/aromatic N) is 1. The van der Waals surface area contributed by atoms with Gasteiger partial charge in [0, 0.05) is 12.1 Å². The summed E-state index contributed by atoms with van der Waals surface area (Å²) in [4.78, 5) is 31.7. The van der Waals surface area contributed by atoms with Crippen LogP contribution in [0.4, 0.5) is 0 Å². The Hall–Kier alpha value is -4.00. The van der Waals surface area contributed by atoms with Gasteiger partial charge in [0.1, 0.15) is 0 Å². The molecule has 1 atom stereocenters. The highest BCUT2D eigenvalue weighted by Crippen LogP contribution is 2.41. The molecule has 1 unspecified atom stereocenters. The second-order valence-corrected chi connectivity index (χ2v) is 8.56. The van der Waals surface area contributed by atoms with Crippen molar-refractivity contribution in [2.24, 2.45) is 0 Å². The molecule has 0 bridgehead atoms. The fourth-order valence-corrected chi connectivity index (χ4v) is 4.79. The van der Waals surface area contributed by atoms with E-state index in [0.29, 0.717) is 30.0 Å². The van der Waals surface area contributed by atoms with Gasteiger partial charge in [-0.25, -0.2) is 0 Å². The highest BCUT2D eigenvalue weighted by Gasteiger charge is 2.36. The number of aromatic nitrogens is 1. The van der Waals surface area contributed by atoms with Gasteiger partial charge in [-0.05, 0) is 78.2 Å². The Morgan fingerprint density at radius 1 is 1.06 bits per heavy atom. The van der Waals surface area contributed by atoms with E-state index < -0.39 is 6.04 Å². The van der Waals surface area contributed by atoms with Crippen molar-refractivity contribution in [3.63, 3.8) is 0 Å². The molecule has 4 aromatic rings. The van der Waals surface area contributed by atoms with E-state index in [-0.39, 0.29) is 17.2 Å². The molecule has 1 N–H and O–H groups in total. The Kier molecular flexibility index (Phi) is 5.40. The SMILES string of the molecule is COc1cc2c(cc1OC)C(c1cc3ccc(C)c(C)c3[nH]c1=O)N(C(=O)c1ccco1)CC2. The Morgan fingerprint density at radius 2 is 1.82 bits per heavy atom. The zero-order valence-electron chi connectivity index (χ0n) is 19.6. The van der Waals surface area contributed by atoms with Crippen LogP contribution in [0.15, 0.2) is 57.9 Å². The van der Waals surface area contributed by atoms with E-state index in [1.165, 1.54) is 6.26 Å². The van der Waals surface area contributed by atoms with Crippen molar-refractivity contribution < 1.29 is 18.7 Å². The summed E-state index contributed by atoms with van der Waals surface area (Å²) in [5.74, 6) is 1.12. The van der Waals surface area contributed by atoms with Gasteiger partial charge >= 0.3 is 0 Å². The van der Waals surface area contributed by atoms with Crippen molar-refractivity contribution >= 4 is 16.8 Å². The standard InChI is InChI=1S/C27H26N2O5/c1-15-7-8-18-12-20(26(30)28-24(18)16(15)2)25-19-14-23(33-4)22(32-3)13-17(19)9-10-29(25)27(31)21-6-5-11-34-21/h5-8,11-14,25H,9-10H2,1-4H3,(H,28,30). The number of methoxy groups -OCH3 is 2. The normalized spacial score (nSPS) is 15.3. The lowest BCUT2D eigenvalue weighted by atomic mass is 9.87. The second-order valence-electron chi connectivity index (χ2n) is 8.56. The number of aromatic amines is 1. The smallest absolute Gasteiger partial charge is 0.290 e. The maximum Gasteiger partial charge on any atom is 0.290 e. The van der Waals surface area contributed by atoms with Gasteiger partial charge in [0.15, 0.2) is 17.3 Å². The van der Waals surface area contributed by atoms with Crippen LogP contribution in [0.2, 0.25) is 0 Å². The number of carbonyl (C=O) groups is 1. The topological polar surface area (TPSA) is 84.8 Å². The predicted molar refractivity (Wildman–Crippen MR) is 129 cm³/mol. The van der Waals surface area contributed by atoms with E-state index >= 15 is 0 Å². The van der Waals surface area contributed by atoms with Crippen LogP contribution in [0.25, 0.3) is 10.9 Å². The minimum Gasteiger partial charge on any atom is -0.493 e. The molecule has 0 spiro atoms. The number of aryl methyl sites for hydroxylation is 2. The molecule has 0 aliphatic carbocycles. The molecule has 34 heavy (non-hydrogen) atoms. The van der Waals surface area contributed by atoms with Crippen LogP contribution in [0.1, 0.15) is 44.4 Å². The number of pyridine rings is 1. The van der Waals surface area contributed by atoms with Gasteiger partial charge in [0.05, 0.1) is 32.0 Å². The van der Waals surface area contributed by atoms with Crippen molar-refractivity contribution in [1.29, 1.82) is 0 Å². The number of benzene rings is 2. The molecule has 3 heterocycles. The minimum atomic E-state index is -0.615. The quantitative estimate of drug-likeness (QED) is 0.485. The fraction of sp³-hybridized carbons (Fsp3) is 0.259. The molecule has 0 radical (unpaired) electrons. The summed E-state index contributed by atoms with van der Waals surface area (Å²) in [7, 11) is 3.16. The summed E-state index contributed by atoms with van der Waals surface area (Å²) < 4.78 is 16.5. The summed E-state index contributed by atoms with van der Waals surface area (Å²) in [5.41, 5.74) is 5.03. The van der Waals surface area contributed by atoms with Crippen LogP contribution in [-0.2, 0) is 6.42 Å². The molecular formula is C27H26N2O5. The van der Waals surface area contributed by atoms with E-state index in [1.54, 1.807) is 31.3 Å². The fourth-order valence-electron chi connectivity index (χ4n) is 4.79. The van der Waals surface area contributed by atoms with Gasteiger partial charge in [-0.15, -0.1) is 0 Å². The maximum absolute atomic E-state index is 13.5. The summed E-state index contributed by atoms with van der Waals surface area (Å²) in [6.07, 6.45) is 2.09. The summed E-state index contributed by atoms with van der Waals surface area (Å²) in [6, 6.07) is 12.4. The molecular weight excluding hydrogens is 432 g/mol. The number of nitrogens with one attached hydrogen (secondary N) is 1. The van der Waals surface area contributed by atoms with Crippen LogP contribution in [0.5, 0.6) is 11.5 Å². The molecule has 0 fully saturated rings. The first-order valence-corrected chi connectivity index (χ1v) is 11.1. The number of furan rings is 1. The van der Waals surface area contributed by atoms with E-state index in [9.17, 15) is 9.59 Å². The van der Waals surface area contributed by atoms with Crippen molar-refractivity contribution in [2.45, 2.75) is 26.3 Å². The van der Waals surface area contributed by atoms with Crippen LogP contribution in [0, 0.1) is 13.8 Å². The van der Waals surface area contributed by atoms with E-state index in [0.717, 1.165) is 33.2 Å². The Labute approximate surface area is 196 Å². The number of rotatable bonds is 4.